The summed E-state index contributed by atoms with van der Waals surface area (Å²) in [7, 11) is 3.68. The van der Waals surface area contributed by atoms with Crippen molar-refractivity contribution >= 4 is 35.4 Å². The van der Waals surface area contributed by atoms with Gasteiger partial charge in [0.05, 0.1) is 17.3 Å². The average molecular weight is 768 g/mol. The van der Waals surface area contributed by atoms with Crippen LogP contribution in [0, 0.1) is 23.7 Å². The summed E-state index contributed by atoms with van der Waals surface area (Å²) in [6, 6.07) is 12.1. The van der Waals surface area contributed by atoms with Gasteiger partial charge < -0.3 is 46.4 Å². The number of benzene rings is 2. The average Bonchev–Trinajstić information content (AvgIpc) is 3.80. The lowest BCUT2D eigenvalue weighted by Gasteiger charge is -2.45. The number of aromatic hydroxyl groups is 1. The quantitative estimate of drug-likeness (QED) is 0.195. The minimum Gasteiger partial charge on any atom is -0.507 e. The van der Waals surface area contributed by atoms with Crippen molar-refractivity contribution in [3.8, 4) is 5.75 Å². The van der Waals surface area contributed by atoms with Crippen molar-refractivity contribution in [2.24, 2.45) is 35.1 Å². The van der Waals surface area contributed by atoms with Crippen LogP contribution in [0.15, 0.2) is 60.1 Å². The first-order valence-corrected chi connectivity index (χ1v) is 20.0. The van der Waals surface area contributed by atoms with Crippen molar-refractivity contribution in [1.29, 1.82) is 0 Å². The highest BCUT2D eigenvalue weighted by molar-refractivity contribution is 6.06. The van der Waals surface area contributed by atoms with Crippen LogP contribution in [0.1, 0.15) is 58.9 Å². The number of hydrogen-bond donors (Lipinski definition) is 5. The van der Waals surface area contributed by atoms with Crippen LogP contribution in [-0.4, -0.2) is 134 Å². The number of aldehydes is 1. The predicted octanol–water partition coefficient (Wildman–Crippen LogP) is 1.83. The second kappa shape index (κ2) is 16.6. The molecule has 1 saturated carbocycles. The molecule has 1 aliphatic carbocycles. The van der Waals surface area contributed by atoms with Gasteiger partial charge in [-0.1, -0.05) is 19.1 Å². The molecule has 3 amide bonds. The van der Waals surface area contributed by atoms with Gasteiger partial charge in [0.25, 0.3) is 5.91 Å². The van der Waals surface area contributed by atoms with Crippen LogP contribution >= 0.6 is 0 Å². The van der Waals surface area contributed by atoms with Crippen LogP contribution in [-0.2, 0) is 9.59 Å². The maximum Gasteiger partial charge on any atom is 0.255 e. The van der Waals surface area contributed by atoms with E-state index in [2.05, 4.69) is 44.2 Å². The lowest BCUT2D eigenvalue weighted by molar-refractivity contribution is -0.136. The van der Waals surface area contributed by atoms with Crippen molar-refractivity contribution in [2.75, 3.05) is 77.9 Å². The SMILES string of the molecule is CC1CN(c2ccc(C=O)c(C(=O)N(C)C3CCC(=O)NC3=O)c2)CCC1CN1CC2CC2C1.CN1CCN2C(/C=C(\N)c3ccccc3O)=C(N)NCC2C1. The molecular formula is C42H57N9O5. The number of hydrogen-bond acceptors (Lipinski definition) is 12. The molecule has 0 spiro atoms. The fourth-order valence-electron chi connectivity index (χ4n) is 9.17. The number of carbonyl (C=O) groups is 4. The molecule has 0 radical (unpaired) electrons. The molecule has 8 rings (SSSR count). The summed E-state index contributed by atoms with van der Waals surface area (Å²) in [5.74, 6) is 2.78. The van der Waals surface area contributed by atoms with Crippen LogP contribution in [0.4, 0.5) is 5.69 Å². The summed E-state index contributed by atoms with van der Waals surface area (Å²) < 4.78 is 0. The van der Waals surface area contributed by atoms with Gasteiger partial charge in [-0.25, -0.2) is 0 Å². The molecule has 300 valence electrons. The number of para-hydroxylation sites is 1. The van der Waals surface area contributed by atoms with E-state index < -0.39 is 11.9 Å². The topological polar surface area (TPSA) is 181 Å². The fraction of sp³-hybridized carbons (Fsp3) is 0.524. The molecule has 0 aromatic heterocycles. The number of likely N-dealkylation sites (tertiary alicyclic amines) is 1. The number of nitrogens with zero attached hydrogens (tertiary/aromatic N) is 5. The highest BCUT2D eigenvalue weighted by atomic mass is 16.3. The molecule has 7 N–H and O–H groups in total. The van der Waals surface area contributed by atoms with Gasteiger partial charge in [-0.2, -0.15) is 0 Å². The van der Waals surface area contributed by atoms with Gasteiger partial charge in [0.15, 0.2) is 6.29 Å². The van der Waals surface area contributed by atoms with E-state index in [1.165, 1.54) is 31.0 Å². The molecular weight excluding hydrogens is 711 g/mol. The maximum absolute atomic E-state index is 13.3. The number of phenols is 1. The van der Waals surface area contributed by atoms with E-state index in [-0.39, 0.29) is 30.4 Å². The third kappa shape index (κ3) is 8.51. The Balaban J connectivity index is 0.000000189. The zero-order valence-corrected chi connectivity index (χ0v) is 32.8. The van der Waals surface area contributed by atoms with E-state index in [9.17, 15) is 24.3 Å². The Morgan fingerprint density at radius 1 is 1.02 bits per heavy atom. The summed E-state index contributed by atoms with van der Waals surface area (Å²) in [5.41, 5.74) is 15.9. The molecule has 2 aromatic rings. The summed E-state index contributed by atoms with van der Waals surface area (Å²) >= 11 is 0. The second-order valence-corrected chi connectivity index (χ2v) is 16.6. The first-order chi connectivity index (χ1) is 26.9. The van der Waals surface area contributed by atoms with Crippen molar-refractivity contribution in [3.05, 3.63) is 76.7 Å². The van der Waals surface area contributed by atoms with Gasteiger partial charge in [-0.15, -0.1) is 0 Å². The van der Waals surface area contributed by atoms with E-state index in [4.69, 9.17) is 11.5 Å². The number of anilines is 1. The largest absolute Gasteiger partial charge is 0.507 e. The van der Waals surface area contributed by atoms with Crippen LogP contribution in [0.3, 0.4) is 0 Å². The third-order valence-electron chi connectivity index (χ3n) is 12.7. The standard InChI is InChI=1S/C26H34N4O4.C16H23N5O/c1-16-11-30(8-7-17(16)12-29-13-19-9-20(19)14-29)21-4-3-18(15-31)22(10-21)26(34)28(2)23-5-6-24(32)27-25(23)33;1-20-6-7-21-11(10-20)9-19-16(18)14(21)8-13(17)12-4-2-3-5-15(12)22/h3-4,10,15-17,19-20,23H,5-9,11-14H2,1-2H3,(H,27,32,33);2-5,8,11,19,22H,6-7,9-10,17-18H2,1H3/b;13-8-. The van der Waals surface area contributed by atoms with Crippen LogP contribution in [0.2, 0.25) is 0 Å². The van der Waals surface area contributed by atoms with Crippen molar-refractivity contribution in [3.63, 3.8) is 0 Å². The number of phenolic OH excluding ortho intramolecular Hbond substituents is 1. The predicted molar refractivity (Wildman–Crippen MR) is 215 cm³/mol. The number of fused-ring (bicyclic) bond motifs is 2. The first-order valence-electron chi connectivity index (χ1n) is 20.0. The molecule has 2 aromatic carbocycles. The molecule has 0 bridgehead atoms. The van der Waals surface area contributed by atoms with E-state index in [1.54, 1.807) is 37.4 Å². The summed E-state index contributed by atoms with van der Waals surface area (Å²) in [4.78, 5) is 59.7. The summed E-state index contributed by atoms with van der Waals surface area (Å²) in [6.45, 7) is 11.6. The Bertz CT molecular complexity index is 1890. The molecule has 56 heavy (non-hydrogen) atoms. The van der Waals surface area contributed by atoms with Gasteiger partial charge in [-0.3, -0.25) is 24.5 Å². The molecule has 14 nitrogen and oxygen atoms in total. The number of likely N-dealkylation sites (N-methyl/N-ethyl adjacent to an activating group) is 2. The Labute approximate surface area is 329 Å². The smallest absolute Gasteiger partial charge is 0.255 e. The van der Waals surface area contributed by atoms with E-state index >= 15 is 0 Å². The van der Waals surface area contributed by atoms with Gasteiger partial charge in [0.2, 0.25) is 11.8 Å². The molecule has 14 heteroatoms. The number of carbonyl (C=O) groups excluding carboxylic acids is 4. The van der Waals surface area contributed by atoms with E-state index in [1.807, 2.05) is 18.2 Å². The summed E-state index contributed by atoms with van der Waals surface area (Å²) in [6.07, 6.45) is 5.56. The number of imide groups is 1. The number of amides is 3. The monoisotopic (exact) mass is 767 g/mol. The Kier molecular flexibility index (Phi) is 11.6. The van der Waals surface area contributed by atoms with E-state index in [0.29, 0.717) is 52.4 Å². The number of piperidine rings is 3. The minimum atomic E-state index is -0.722. The first kappa shape index (κ1) is 39.2. The molecule has 6 aliphatic rings. The van der Waals surface area contributed by atoms with Crippen LogP contribution in [0.5, 0.6) is 5.75 Å². The molecule has 5 aliphatic heterocycles. The normalized spacial score (nSPS) is 28.0. The van der Waals surface area contributed by atoms with E-state index in [0.717, 1.165) is 68.9 Å². The summed E-state index contributed by atoms with van der Waals surface area (Å²) in [5, 5.41) is 15.5. The fourth-order valence-corrected chi connectivity index (χ4v) is 9.17. The Hall–Kier alpha value is -5.08. The maximum atomic E-state index is 13.3. The lowest BCUT2D eigenvalue weighted by atomic mass is 9.86. The molecule has 6 unspecified atom stereocenters. The van der Waals surface area contributed by atoms with Crippen LogP contribution < -0.4 is 27.0 Å². The lowest BCUT2D eigenvalue weighted by Crippen LogP contribution is -2.58. The van der Waals surface area contributed by atoms with Gasteiger partial charge in [-0.05, 0) is 86.4 Å². The second-order valence-electron chi connectivity index (χ2n) is 16.6. The molecule has 4 saturated heterocycles. The van der Waals surface area contributed by atoms with Gasteiger partial charge >= 0.3 is 0 Å². The Morgan fingerprint density at radius 3 is 2.50 bits per heavy atom. The van der Waals surface area contributed by atoms with Crippen molar-refractivity contribution in [1.82, 2.24) is 30.2 Å². The molecule has 5 heterocycles. The third-order valence-corrected chi connectivity index (χ3v) is 12.7. The minimum absolute atomic E-state index is 0.175. The molecule has 6 atom stereocenters. The van der Waals surface area contributed by atoms with Gasteiger partial charge in [0.1, 0.15) is 17.6 Å². The van der Waals surface area contributed by atoms with Gasteiger partial charge in [0, 0.05) is 94.9 Å². The number of allylic oxidation sites excluding steroid dienone is 1. The number of rotatable bonds is 8. The number of nitrogens with two attached hydrogens (primary N) is 2. The van der Waals surface area contributed by atoms with Crippen LogP contribution in [0.25, 0.3) is 5.70 Å². The number of piperazine rings is 1. The highest BCUT2D eigenvalue weighted by Crippen LogP contribution is 2.45. The Morgan fingerprint density at radius 2 is 1.79 bits per heavy atom. The zero-order chi connectivity index (χ0) is 39.7. The van der Waals surface area contributed by atoms with Crippen molar-refractivity contribution in [2.45, 2.75) is 44.7 Å². The number of nitrogens with one attached hydrogen (secondary N) is 2. The highest BCUT2D eigenvalue weighted by Gasteiger charge is 2.45. The van der Waals surface area contributed by atoms with Crippen molar-refractivity contribution < 1.29 is 24.3 Å². The zero-order valence-electron chi connectivity index (χ0n) is 32.8. The molecule has 5 fully saturated rings.